The Morgan fingerprint density at radius 1 is 1.10 bits per heavy atom. The topological polar surface area (TPSA) is 42.0 Å². The van der Waals surface area contributed by atoms with E-state index < -0.39 is 0 Å². The Kier molecular flexibility index (Phi) is 3.95. The highest BCUT2D eigenvalue weighted by Gasteiger charge is 2.20. The molecule has 1 heterocycles. The zero-order valence-electron chi connectivity index (χ0n) is 11.6. The van der Waals surface area contributed by atoms with Gasteiger partial charge in [0, 0.05) is 11.3 Å². The summed E-state index contributed by atoms with van der Waals surface area (Å²) in [5.74, 6) is 0.406. The number of amides is 1. The molecule has 1 N–H and O–H groups in total. The lowest BCUT2D eigenvalue weighted by atomic mass is 9.89. The Labute approximate surface area is 119 Å². The molecule has 3 nitrogen and oxygen atoms in total. The first-order valence-corrected chi connectivity index (χ1v) is 7.45. The van der Waals surface area contributed by atoms with Crippen LogP contribution >= 0.6 is 0 Å². The molecule has 2 aromatic rings. The van der Waals surface area contributed by atoms with Crippen LogP contribution in [0, 0.1) is 5.92 Å². The molecule has 0 saturated heterocycles. The maximum absolute atomic E-state index is 12.1. The number of carbonyl (C=O) groups is 1. The number of fused-ring (bicyclic) bond motifs is 1. The van der Waals surface area contributed by atoms with Gasteiger partial charge in [-0.15, -0.1) is 0 Å². The van der Waals surface area contributed by atoms with Crippen molar-refractivity contribution in [3.05, 3.63) is 42.1 Å². The van der Waals surface area contributed by atoms with Gasteiger partial charge in [0.2, 0.25) is 5.91 Å². The monoisotopic (exact) mass is 268 g/mol. The minimum absolute atomic E-state index is 0.194. The third kappa shape index (κ3) is 2.98. The van der Waals surface area contributed by atoms with E-state index in [9.17, 15) is 4.79 Å². The number of rotatable bonds is 3. The summed E-state index contributed by atoms with van der Waals surface area (Å²) in [4.78, 5) is 16.7. The first-order chi connectivity index (χ1) is 9.83. The smallest absolute Gasteiger partial charge is 0.223 e. The zero-order valence-corrected chi connectivity index (χ0v) is 11.6. The van der Waals surface area contributed by atoms with E-state index in [0.29, 0.717) is 6.54 Å². The lowest BCUT2D eigenvalue weighted by Crippen LogP contribution is -2.31. The average molecular weight is 268 g/mol. The first-order valence-electron chi connectivity index (χ1n) is 7.45. The molecule has 1 amide bonds. The number of para-hydroxylation sites is 1. The fraction of sp³-hybridized carbons (Fsp3) is 0.412. The predicted octanol–water partition coefficient (Wildman–Crippen LogP) is 3.43. The SMILES string of the molecule is O=C(NCc1ccc2ccccc2n1)C1CCCCC1. The van der Waals surface area contributed by atoms with Crippen LogP contribution in [-0.4, -0.2) is 10.9 Å². The average Bonchev–Trinajstić information content (AvgIpc) is 2.53. The molecule has 3 rings (SSSR count). The Morgan fingerprint density at radius 2 is 1.90 bits per heavy atom. The van der Waals surface area contributed by atoms with Crippen LogP contribution in [0.25, 0.3) is 10.9 Å². The molecule has 0 aliphatic heterocycles. The number of hydrogen-bond donors (Lipinski definition) is 1. The van der Waals surface area contributed by atoms with E-state index >= 15 is 0 Å². The van der Waals surface area contributed by atoms with Gasteiger partial charge < -0.3 is 5.32 Å². The van der Waals surface area contributed by atoms with Gasteiger partial charge in [0.25, 0.3) is 0 Å². The lowest BCUT2D eigenvalue weighted by molar-refractivity contribution is -0.126. The van der Waals surface area contributed by atoms with Gasteiger partial charge in [-0.3, -0.25) is 9.78 Å². The van der Waals surface area contributed by atoms with Crippen LogP contribution in [0.3, 0.4) is 0 Å². The van der Waals surface area contributed by atoms with Gasteiger partial charge in [-0.2, -0.15) is 0 Å². The van der Waals surface area contributed by atoms with E-state index in [1.807, 2.05) is 30.3 Å². The Morgan fingerprint density at radius 3 is 2.75 bits per heavy atom. The van der Waals surface area contributed by atoms with Crippen LogP contribution in [0.4, 0.5) is 0 Å². The molecule has 0 bridgehead atoms. The van der Waals surface area contributed by atoms with Crippen molar-refractivity contribution in [2.75, 3.05) is 0 Å². The number of nitrogens with zero attached hydrogens (tertiary/aromatic N) is 1. The van der Waals surface area contributed by atoms with Crippen molar-refractivity contribution in [2.45, 2.75) is 38.6 Å². The van der Waals surface area contributed by atoms with Gasteiger partial charge >= 0.3 is 0 Å². The Bertz CT molecular complexity index is 603. The third-order valence-corrected chi connectivity index (χ3v) is 4.08. The summed E-state index contributed by atoms with van der Waals surface area (Å²) < 4.78 is 0. The first kappa shape index (κ1) is 13.1. The maximum Gasteiger partial charge on any atom is 0.223 e. The Hall–Kier alpha value is -1.90. The van der Waals surface area contributed by atoms with Crippen LogP contribution in [-0.2, 0) is 11.3 Å². The molecule has 3 heteroatoms. The molecule has 1 saturated carbocycles. The number of carbonyl (C=O) groups excluding carboxylic acids is 1. The highest BCUT2D eigenvalue weighted by molar-refractivity contribution is 5.79. The van der Waals surface area contributed by atoms with Crippen molar-refractivity contribution < 1.29 is 4.79 Å². The van der Waals surface area contributed by atoms with Gasteiger partial charge in [0.1, 0.15) is 0 Å². The predicted molar refractivity (Wildman–Crippen MR) is 80.2 cm³/mol. The van der Waals surface area contributed by atoms with Crippen LogP contribution in [0.5, 0.6) is 0 Å². The fourth-order valence-electron chi connectivity index (χ4n) is 2.89. The largest absolute Gasteiger partial charge is 0.350 e. The minimum Gasteiger partial charge on any atom is -0.350 e. The molecule has 0 spiro atoms. The molecular weight excluding hydrogens is 248 g/mol. The van der Waals surface area contributed by atoms with Crippen molar-refractivity contribution in [3.8, 4) is 0 Å². The lowest BCUT2D eigenvalue weighted by Gasteiger charge is -2.20. The highest BCUT2D eigenvalue weighted by atomic mass is 16.1. The van der Waals surface area contributed by atoms with Crippen molar-refractivity contribution in [2.24, 2.45) is 5.92 Å². The third-order valence-electron chi connectivity index (χ3n) is 4.08. The molecule has 1 aliphatic carbocycles. The van der Waals surface area contributed by atoms with E-state index in [-0.39, 0.29) is 11.8 Å². The van der Waals surface area contributed by atoms with Crippen LogP contribution in [0.15, 0.2) is 36.4 Å². The van der Waals surface area contributed by atoms with E-state index in [4.69, 9.17) is 0 Å². The standard InChI is InChI=1S/C17H20N2O/c20-17(14-7-2-1-3-8-14)18-12-15-11-10-13-6-4-5-9-16(13)19-15/h4-6,9-11,14H,1-3,7-8,12H2,(H,18,20). The summed E-state index contributed by atoms with van der Waals surface area (Å²) in [6.07, 6.45) is 5.72. The zero-order chi connectivity index (χ0) is 13.8. The van der Waals surface area contributed by atoms with Gasteiger partial charge in [0.15, 0.2) is 0 Å². The second kappa shape index (κ2) is 6.04. The maximum atomic E-state index is 12.1. The summed E-state index contributed by atoms with van der Waals surface area (Å²) in [6, 6.07) is 12.1. The van der Waals surface area contributed by atoms with Crippen molar-refractivity contribution in [1.29, 1.82) is 0 Å². The van der Waals surface area contributed by atoms with Crippen molar-refractivity contribution >= 4 is 16.8 Å². The molecular formula is C17H20N2O. The normalized spacial score (nSPS) is 16.2. The number of nitrogens with one attached hydrogen (secondary N) is 1. The van der Waals surface area contributed by atoms with E-state index in [1.165, 1.54) is 19.3 Å². The Balaban J connectivity index is 1.62. The molecule has 0 radical (unpaired) electrons. The van der Waals surface area contributed by atoms with E-state index in [2.05, 4.69) is 16.4 Å². The number of pyridine rings is 1. The van der Waals surface area contributed by atoms with E-state index in [1.54, 1.807) is 0 Å². The van der Waals surface area contributed by atoms with Gasteiger partial charge in [-0.1, -0.05) is 43.5 Å². The van der Waals surface area contributed by atoms with E-state index in [0.717, 1.165) is 29.4 Å². The summed E-state index contributed by atoms with van der Waals surface area (Å²) in [5.41, 5.74) is 1.91. The van der Waals surface area contributed by atoms with Crippen LogP contribution in [0.2, 0.25) is 0 Å². The molecule has 104 valence electrons. The highest BCUT2D eigenvalue weighted by Crippen LogP contribution is 2.23. The minimum atomic E-state index is 0.194. The van der Waals surface area contributed by atoms with Crippen molar-refractivity contribution in [1.82, 2.24) is 10.3 Å². The second-order valence-corrected chi connectivity index (χ2v) is 5.55. The fourth-order valence-corrected chi connectivity index (χ4v) is 2.89. The van der Waals surface area contributed by atoms with Crippen molar-refractivity contribution in [3.63, 3.8) is 0 Å². The molecule has 1 aliphatic rings. The number of aromatic nitrogens is 1. The molecule has 0 atom stereocenters. The van der Waals surface area contributed by atoms with Gasteiger partial charge in [-0.05, 0) is 25.0 Å². The van der Waals surface area contributed by atoms with Crippen LogP contribution in [0.1, 0.15) is 37.8 Å². The summed E-state index contributed by atoms with van der Waals surface area (Å²) in [5, 5.41) is 4.17. The van der Waals surface area contributed by atoms with Gasteiger partial charge in [-0.25, -0.2) is 0 Å². The quantitative estimate of drug-likeness (QED) is 0.926. The number of hydrogen-bond acceptors (Lipinski definition) is 2. The summed E-state index contributed by atoms with van der Waals surface area (Å²) in [6.45, 7) is 0.528. The molecule has 1 aromatic heterocycles. The molecule has 1 fully saturated rings. The molecule has 0 unspecified atom stereocenters. The summed E-state index contributed by atoms with van der Waals surface area (Å²) in [7, 11) is 0. The number of benzene rings is 1. The van der Waals surface area contributed by atoms with Gasteiger partial charge in [0.05, 0.1) is 17.8 Å². The second-order valence-electron chi connectivity index (χ2n) is 5.55. The summed E-state index contributed by atoms with van der Waals surface area (Å²) >= 11 is 0. The molecule has 20 heavy (non-hydrogen) atoms. The van der Waals surface area contributed by atoms with Crippen LogP contribution < -0.4 is 5.32 Å². The molecule has 1 aromatic carbocycles.